The maximum absolute atomic E-state index is 13.0. The topological polar surface area (TPSA) is 68.5 Å². The van der Waals surface area contributed by atoms with E-state index in [1.807, 2.05) is 13.0 Å². The Labute approximate surface area is 178 Å². The first kappa shape index (κ1) is 19.7. The molecule has 1 heterocycles. The minimum atomic E-state index is -0.262. The molecule has 6 heteroatoms. The van der Waals surface area contributed by atoms with Gasteiger partial charge in [0.25, 0.3) is 5.91 Å². The highest BCUT2D eigenvalue weighted by molar-refractivity contribution is 6.30. The first-order valence-electron chi connectivity index (χ1n) is 9.25. The lowest BCUT2D eigenvalue weighted by atomic mass is 10.0. The van der Waals surface area contributed by atoms with Gasteiger partial charge in [0.05, 0.1) is 7.11 Å². The van der Waals surface area contributed by atoms with Crippen LogP contribution in [-0.4, -0.2) is 18.8 Å². The minimum absolute atomic E-state index is 0.227. The summed E-state index contributed by atoms with van der Waals surface area (Å²) in [5.74, 6) is 0.373. The number of hydrogen-bond acceptors (Lipinski definition) is 4. The van der Waals surface area contributed by atoms with Gasteiger partial charge in [-0.2, -0.15) is 0 Å². The summed E-state index contributed by atoms with van der Waals surface area (Å²) in [5.41, 5.74) is 2.80. The van der Waals surface area contributed by atoms with Gasteiger partial charge in [-0.1, -0.05) is 23.7 Å². The summed E-state index contributed by atoms with van der Waals surface area (Å²) in [7, 11) is 1.55. The van der Waals surface area contributed by atoms with Crippen LogP contribution in [0.3, 0.4) is 0 Å². The van der Waals surface area contributed by atoms with Crippen molar-refractivity contribution < 1.29 is 18.7 Å². The lowest BCUT2D eigenvalue weighted by Gasteiger charge is -2.05. The fraction of sp³-hybridized carbons (Fsp3) is 0.0833. The van der Waals surface area contributed by atoms with Gasteiger partial charge in [-0.3, -0.25) is 9.59 Å². The van der Waals surface area contributed by atoms with Crippen LogP contribution in [0.5, 0.6) is 5.75 Å². The van der Waals surface area contributed by atoms with Crippen LogP contribution in [0, 0.1) is 6.92 Å². The molecule has 0 aliphatic heterocycles. The van der Waals surface area contributed by atoms with Crippen LogP contribution in [0.25, 0.3) is 11.0 Å². The number of fused-ring (bicyclic) bond motifs is 1. The third-order valence-electron chi connectivity index (χ3n) is 4.84. The number of carbonyl (C=O) groups excluding carboxylic acids is 2. The van der Waals surface area contributed by atoms with Crippen molar-refractivity contribution in [3.8, 4) is 5.75 Å². The molecule has 1 amide bonds. The second-order valence-corrected chi connectivity index (χ2v) is 7.23. The number of carbonyl (C=O) groups is 2. The lowest BCUT2D eigenvalue weighted by molar-refractivity contribution is 0.101. The minimum Gasteiger partial charge on any atom is -0.497 e. The maximum Gasteiger partial charge on any atom is 0.255 e. The molecule has 5 nitrogen and oxygen atoms in total. The van der Waals surface area contributed by atoms with Gasteiger partial charge in [0.2, 0.25) is 5.78 Å². The largest absolute Gasteiger partial charge is 0.497 e. The molecule has 0 aliphatic rings. The van der Waals surface area contributed by atoms with Gasteiger partial charge < -0.3 is 14.5 Å². The molecule has 0 atom stereocenters. The smallest absolute Gasteiger partial charge is 0.255 e. The Morgan fingerprint density at radius 3 is 2.47 bits per heavy atom. The quantitative estimate of drug-likeness (QED) is 0.410. The summed E-state index contributed by atoms with van der Waals surface area (Å²) in [6.07, 6.45) is 0. The standard InChI is InChI=1S/C24H18ClNO4/c1-14-20-11-10-18(26-24(28)15-6-8-17(25)9-7-15)13-21(20)30-23(14)22(27)16-4-3-5-19(12-16)29-2/h3-13H,1-2H3,(H,26,28). The first-order valence-corrected chi connectivity index (χ1v) is 9.63. The van der Waals surface area contributed by atoms with Crippen molar-refractivity contribution in [2.24, 2.45) is 0 Å². The van der Waals surface area contributed by atoms with Crippen LogP contribution >= 0.6 is 11.6 Å². The van der Waals surface area contributed by atoms with Gasteiger partial charge in [-0.15, -0.1) is 0 Å². The monoisotopic (exact) mass is 419 g/mol. The van der Waals surface area contributed by atoms with Gasteiger partial charge in [0.15, 0.2) is 5.76 Å². The normalized spacial score (nSPS) is 10.8. The van der Waals surface area contributed by atoms with Crippen LogP contribution in [0.1, 0.15) is 32.0 Å². The number of methoxy groups -OCH3 is 1. The van der Waals surface area contributed by atoms with E-state index in [9.17, 15) is 9.59 Å². The van der Waals surface area contributed by atoms with Crippen LogP contribution in [0.2, 0.25) is 5.02 Å². The number of ketones is 1. The summed E-state index contributed by atoms with van der Waals surface area (Å²) < 4.78 is 11.1. The predicted octanol–water partition coefficient (Wildman–Crippen LogP) is 5.89. The lowest BCUT2D eigenvalue weighted by Crippen LogP contribution is -2.11. The molecule has 0 fully saturated rings. The highest BCUT2D eigenvalue weighted by atomic mass is 35.5. The average Bonchev–Trinajstić information content (AvgIpc) is 3.09. The number of ether oxygens (including phenoxy) is 1. The summed E-state index contributed by atoms with van der Waals surface area (Å²) in [6.45, 7) is 1.84. The van der Waals surface area contributed by atoms with Gasteiger partial charge in [0.1, 0.15) is 11.3 Å². The van der Waals surface area contributed by atoms with Gasteiger partial charge in [0, 0.05) is 38.9 Å². The van der Waals surface area contributed by atoms with E-state index < -0.39 is 0 Å². The number of aryl methyl sites for hydroxylation is 1. The summed E-state index contributed by atoms with van der Waals surface area (Å²) in [5, 5.41) is 4.20. The Morgan fingerprint density at radius 2 is 1.73 bits per heavy atom. The average molecular weight is 420 g/mol. The molecule has 0 aliphatic carbocycles. The second-order valence-electron chi connectivity index (χ2n) is 6.79. The molecule has 0 saturated carbocycles. The Balaban J connectivity index is 1.63. The molecule has 1 aromatic heterocycles. The first-order chi connectivity index (χ1) is 14.5. The van der Waals surface area contributed by atoms with Crippen molar-refractivity contribution in [2.45, 2.75) is 6.92 Å². The van der Waals surface area contributed by atoms with Crippen molar-refractivity contribution in [1.29, 1.82) is 0 Å². The molecule has 150 valence electrons. The van der Waals surface area contributed by atoms with Crippen LogP contribution in [0.4, 0.5) is 5.69 Å². The summed E-state index contributed by atoms with van der Waals surface area (Å²) in [6, 6.07) is 18.9. The van der Waals surface area contributed by atoms with Crippen LogP contribution in [-0.2, 0) is 0 Å². The molecular weight excluding hydrogens is 402 g/mol. The molecule has 30 heavy (non-hydrogen) atoms. The molecule has 0 saturated heterocycles. The summed E-state index contributed by atoms with van der Waals surface area (Å²) in [4.78, 5) is 25.4. The van der Waals surface area contributed by atoms with Crippen molar-refractivity contribution in [3.05, 3.63) is 94.2 Å². The highest BCUT2D eigenvalue weighted by Gasteiger charge is 2.20. The highest BCUT2D eigenvalue weighted by Crippen LogP contribution is 2.30. The zero-order valence-corrected chi connectivity index (χ0v) is 17.1. The van der Waals surface area contributed by atoms with Gasteiger partial charge >= 0.3 is 0 Å². The van der Waals surface area contributed by atoms with Gasteiger partial charge in [-0.05, 0) is 55.5 Å². The van der Waals surface area contributed by atoms with E-state index in [2.05, 4.69) is 5.32 Å². The number of amides is 1. The zero-order valence-electron chi connectivity index (χ0n) is 16.4. The number of benzene rings is 3. The van der Waals surface area contributed by atoms with E-state index in [1.54, 1.807) is 67.8 Å². The van der Waals surface area contributed by atoms with E-state index in [4.69, 9.17) is 20.8 Å². The molecule has 4 rings (SSSR count). The number of anilines is 1. The fourth-order valence-electron chi connectivity index (χ4n) is 3.22. The van der Waals surface area contributed by atoms with E-state index in [0.717, 1.165) is 10.9 Å². The Kier molecular flexibility index (Phi) is 5.29. The molecule has 0 unspecified atom stereocenters. The van der Waals surface area contributed by atoms with E-state index in [0.29, 0.717) is 33.2 Å². The van der Waals surface area contributed by atoms with E-state index >= 15 is 0 Å². The molecule has 4 aromatic rings. The number of halogens is 1. The van der Waals surface area contributed by atoms with E-state index in [1.165, 1.54) is 0 Å². The number of hydrogen-bond donors (Lipinski definition) is 1. The predicted molar refractivity (Wildman–Crippen MR) is 117 cm³/mol. The Hall–Kier alpha value is -3.57. The molecule has 3 aromatic carbocycles. The molecule has 1 N–H and O–H groups in total. The molecular formula is C24H18ClNO4. The van der Waals surface area contributed by atoms with E-state index in [-0.39, 0.29) is 17.5 Å². The third-order valence-corrected chi connectivity index (χ3v) is 5.09. The molecule has 0 spiro atoms. The summed E-state index contributed by atoms with van der Waals surface area (Å²) >= 11 is 5.87. The number of furan rings is 1. The Bertz CT molecular complexity index is 1260. The van der Waals surface area contributed by atoms with Crippen molar-refractivity contribution in [3.63, 3.8) is 0 Å². The molecule has 0 radical (unpaired) electrons. The van der Waals surface area contributed by atoms with Crippen LogP contribution < -0.4 is 10.1 Å². The van der Waals surface area contributed by atoms with Crippen LogP contribution in [0.15, 0.2) is 71.1 Å². The second kappa shape index (κ2) is 8.05. The number of nitrogens with one attached hydrogen (secondary N) is 1. The Morgan fingerprint density at radius 1 is 0.967 bits per heavy atom. The fourth-order valence-corrected chi connectivity index (χ4v) is 3.35. The molecule has 0 bridgehead atoms. The van der Waals surface area contributed by atoms with Crippen molar-refractivity contribution in [2.75, 3.05) is 12.4 Å². The van der Waals surface area contributed by atoms with Crippen molar-refractivity contribution in [1.82, 2.24) is 0 Å². The number of rotatable bonds is 5. The SMILES string of the molecule is COc1cccc(C(=O)c2oc3cc(NC(=O)c4ccc(Cl)cc4)ccc3c2C)c1. The maximum atomic E-state index is 13.0. The van der Waals surface area contributed by atoms with Crippen molar-refractivity contribution >= 4 is 39.9 Å². The van der Waals surface area contributed by atoms with Gasteiger partial charge in [-0.25, -0.2) is 0 Å². The third kappa shape index (κ3) is 3.80. The zero-order chi connectivity index (χ0) is 21.3.